The van der Waals surface area contributed by atoms with E-state index in [2.05, 4.69) is 25.3 Å². The maximum Gasteiger partial charge on any atom is 0.232 e. The second-order valence-electron chi connectivity index (χ2n) is 8.06. The van der Waals surface area contributed by atoms with Gasteiger partial charge in [-0.2, -0.15) is 4.98 Å². The van der Waals surface area contributed by atoms with Gasteiger partial charge < -0.3 is 19.5 Å². The maximum atomic E-state index is 13.2. The molecule has 0 aliphatic carbocycles. The van der Waals surface area contributed by atoms with Crippen LogP contribution in [-0.4, -0.2) is 47.2 Å². The van der Waals surface area contributed by atoms with E-state index in [1.54, 1.807) is 19.2 Å². The Balaban J connectivity index is 1.66. The number of guanidine groups is 1. The number of hydrogen-bond donors (Lipinski definition) is 1. The lowest BCUT2D eigenvalue weighted by molar-refractivity contribution is -0.0605. The molecule has 7 nitrogen and oxygen atoms in total. The summed E-state index contributed by atoms with van der Waals surface area (Å²) in [6.07, 6.45) is -0.138. The first-order valence-electron chi connectivity index (χ1n) is 9.46. The monoisotopic (exact) mass is 389 g/mol. The molecule has 2 aromatic rings. The maximum absolute atomic E-state index is 13.2. The van der Waals surface area contributed by atoms with Gasteiger partial charge in [-0.3, -0.25) is 4.99 Å². The van der Waals surface area contributed by atoms with E-state index >= 15 is 0 Å². The molecular weight excluding hydrogens is 361 g/mol. The van der Waals surface area contributed by atoms with Crippen molar-refractivity contribution in [3.05, 3.63) is 47.4 Å². The van der Waals surface area contributed by atoms with Crippen LogP contribution in [-0.2, 0) is 16.7 Å². The smallest absolute Gasteiger partial charge is 0.232 e. The molecule has 2 unspecified atom stereocenters. The highest BCUT2D eigenvalue weighted by Gasteiger charge is 2.29. The van der Waals surface area contributed by atoms with Crippen LogP contribution in [0.2, 0.25) is 0 Å². The Morgan fingerprint density at radius 1 is 1.29 bits per heavy atom. The Morgan fingerprint density at radius 3 is 2.61 bits per heavy atom. The predicted molar refractivity (Wildman–Crippen MR) is 104 cm³/mol. The van der Waals surface area contributed by atoms with E-state index in [0.29, 0.717) is 31.3 Å². The number of ether oxygens (including phenoxy) is 1. The highest BCUT2D eigenvalue weighted by Crippen LogP contribution is 2.25. The Bertz CT molecular complexity index is 813. The minimum absolute atomic E-state index is 0.0139. The van der Waals surface area contributed by atoms with Crippen molar-refractivity contribution in [3.63, 3.8) is 0 Å². The van der Waals surface area contributed by atoms with Gasteiger partial charge in [-0.05, 0) is 24.6 Å². The molecule has 0 radical (unpaired) electrons. The summed E-state index contributed by atoms with van der Waals surface area (Å²) in [5.74, 6) is 1.68. The Kier molecular flexibility index (Phi) is 5.98. The van der Waals surface area contributed by atoms with Gasteiger partial charge in [-0.1, -0.05) is 38.1 Å². The van der Waals surface area contributed by atoms with E-state index in [9.17, 15) is 4.39 Å². The summed E-state index contributed by atoms with van der Waals surface area (Å²) in [7, 11) is 1.74. The van der Waals surface area contributed by atoms with Gasteiger partial charge in [0.1, 0.15) is 11.9 Å². The fourth-order valence-corrected chi connectivity index (χ4v) is 3.11. The first-order chi connectivity index (χ1) is 13.3. The minimum Gasteiger partial charge on any atom is -0.367 e. The average molecular weight is 389 g/mol. The molecule has 1 aliphatic heterocycles. The topological polar surface area (TPSA) is 75.8 Å². The molecule has 152 valence electrons. The molecule has 2 atom stereocenters. The van der Waals surface area contributed by atoms with Crippen LogP contribution in [0.25, 0.3) is 0 Å². The summed E-state index contributed by atoms with van der Waals surface area (Å²) in [6, 6.07) is 6.44. The summed E-state index contributed by atoms with van der Waals surface area (Å²) in [6.45, 7) is 9.85. The molecule has 0 saturated carbocycles. The van der Waals surface area contributed by atoms with E-state index < -0.39 is 0 Å². The summed E-state index contributed by atoms with van der Waals surface area (Å²) in [5.41, 5.74) is 0.760. The zero-order valence-electron chi connectivity index (χ0n) is 17.1. The lowest BCUT2D eigenvalue weighted by atomic mass is 9.97. The molecule has 1 N–H and O–H groups in total. The molecule has 1 saturated heterocycles. The van der Waals surface area contributed by atoms with E-state index in [-0.39, 0.29) is 23.4 Å². The summed E-state index contributed by atoms with van der Waals surface area (Å²) < 4.78 is 24.6. The van der Waals surface area contributed by atoms with Crippen molar-refractivity contribution in [3.8, 4) is 0 Å². The van der Waals surface area contributed by atoms with Gasteiger partial charge in [0.2, 0.25) is 5.89 Å². The van der Waals surface area contributed by atoms with Gasteiger partial charge in [0.05, 0.1) is 19.2 Å². The Labute approximate surface area is 165 Å². The number of benzene rings is 1. The van der Waals surface area contributed by atoms with Crippen LogP contribution in [0.3, 0.4) is 0 Å². The van der Waals surface area contributed by atoms with Crippen LogP contribution in [0.1, 0.15) is 51.1 Å². The van der Waals surface area contributed by atoms with Crippen LogP contribution in [0.4, 0.5) is 4.39 Å². The van der Waals surface area contributed by atoms with E-state index in [4.69, 9.17) is 9.26 Å². The second-order valence-corrected chi connectivity index (χ2v) is 8.06. The largest absolute Gasteiger partial charge is 0.367 e. The summed E-state index contributed by atoms with van der Waals surface area (Å²) >= 11 is 0. The lowest BCUT2D eigenvalue weighted by Gasteiger charge is -2.38. The van der Waals surface area contributed by atoms with E-state index in [1.807, 2.05) is 27.7 Å². The third-order valence-electron chi connectivity index (χ3n) is 4.53. The van der Waals surface area contributed by atoms with Crippen LogP contribution in [0, 0.1) is 5.82 Å². The predicted octanol–water partition coefficient (Wildman–Crippen LogP) is 3.04. The Hall–Kier alpha value is -2.48. The first kappa shape index (κ1) is 20.3. The first-order valence-corrected chi connectivity index (χ1v) is 9.46. The zero-order valence-corrected chi connectivity index (χ0v) is 17.1. The number of rotatable bonds is 3. The number of aromatic nitrogens is 2. The lowest BCUT2D eigenvalue weighted by Crippen LogP contribution is -2.50. The molecule has 1 fully saturated rings. The molecule has 3 rings (SSSR count). The number of halogens is 1. The van der Waals surface area contributed by atoms with Crippen molar-refractivity contribution in [2.24, 2.45) is 4.99 Å². The van der Waals surface area contributed by atoms with Crippen molar-refractivity contribution in [2.45, 2.75) is 51.9 Å². The van der Waals surface area contributed by atoms with Gasteiger partial charge in [-0.15, -0.1) is 0 Å². The van der Waals surface area contributed by atoms with Gasteiger partial charge in [0.15, 0.2) is 11.8 Å². The van der Waals surface area contributed by atoms with Gasteiger partial charge in [0, 0.05) is 19.0 Å². The Morgan fingerprint density at radius 2 is 2.00 bits per heavy atom. The third-order valence-corrected chi connectivity index (χ3v) is 4.53. The van der Waals surface area contributed by atoms with Gasteiger partial charge in [0.25, 0.3) is 0 Å². The average Bonchev–Trinajstić information content (AvgIpc) is 3.12. The number of hydrogen-bond acceptors (Lipinski definition) is 5. The van der Waals surface area contributed by atoms with Crippen molar-refractivity contribution in [2.75, 3.05) is 20.1 Å². The number of morpholine rings is 1. The van der Waals surface area contributed by atoms with Crippen molar-refractivity contribution < 1.29 is 13.7 Å². The normalized spacial score (nSPS) is 21.1. The van der Waals surface area contributed by atoms with E-state index in [1.165, 1.54) is 12.1 Å². The van der Waals surface area contributed by atoms with Crippen LogP contribution in [0.15, 0.2) is 33.8 Å². The molecule has 0 bridgehead atoms. The molecule has 2 heterocycles. The molecule has 1 aromatic heterocycles. The number of aliphatic imine (C=N–C) groups is 1. The van der Waals surface area contributed by atoms with Crippen molar-refractivity contribution in [1.29, 1.82) is 0 Å². The molecule has 1 aromatic carbocycles. The fourth-order valence-electron chi connectivity index (χ4n) is 3.11. The second kappa shape index (κ2) is 8.26. The fraction of sp³-hybridized carbons (Fsp3) is 0.550. The van der Waals surface area contributed by atoms with Crippen molar-refractivity contribution in [1.82, 2.24) is 20.4 Å². The SMILES string of the molecule is CN=C(NCc1noc(C(C)(C)C)n1)N1CC(C)OC(c2ccc(F)cc2)C1. The standard InChI is InChI=1S/C20H28FN5O2/c1-13-11-26(12-16(27-13)14-6-8-15(21)9-7-14)19(22-5)23-10-17-24-18(28-25-17)20(2,3)4/h6-9,13,16H,10-12H2,1-5H3,(H,22,23). The molecule has 28 heavy (non-hydrogen) atoms. The number of nitrogens with zero attached hydrogens (tertiary/aromatic N) is 4. The number of nitrogens with one attached hydrogen (secondary N) is 1. The van der Waals surface area contributed by atoms with E-state index in [0.717, 1.165) is 11.5 Å². The quantitative estimate of drug-likeness (QED) is 0.642. The molecule has 0 amide bonds. The minimum atomic E-state index is -0.253. The molecule has 8 heteroatoms. The molecule has 1 aliphatic rings. The third kappa shape index (κ3) is 4.86. The summed E-state index contributed by atoms with van der Waals surface area (Å²) in [5, 5.41) is 7.33. The highest BCUT2D eigenvalue weighted by atomic mass is 19.1. The van der Waals surface area contributed by atoms with Crippen molar-refractivity contribution >= 4 is 5.96 Å². The van der Waals surface area contributed by atoms with Crippen LogP contribution < -0.4 is 5.32 Å². The molecular formula is C20H28FN5O2. The van der Waals surface area contributed by atoms with Gasteiger partial charge >= 0.3 is 0 Å². The van der Waals surface area contributed by atoms with Gasteiger partial charge in [-0.25, -0.2) is 4.39 Å². The summed E-state index contributed by atoms with van der Waals surface area (Å²) in [4.78, 5) is 11.0. The zero-order chi connectivity index (χ0) is 20.3. The highest BCUT2D eigenvalue weighted by molar-refractivity contribution is 5.80. The molecule has 0 spiro atoms. The van der Waals surface area contributed by atoms with Crippen LogP contribution in [0.5, 0.6) is 0 Å². The van der Waals surface area contributed by atoms with Crippen LogP contribution >= 0.6 is 0 Å².